The van der Waals surface area contributed by atoms with Gasteiger partial charge in [0.25, 0.3) is 0 Å². The van der Waals surface area contributed by atoms with Crippen LogP contribution in [0.2, 0.25) is 0 Å². The molecule has 0 bridgehead atoms. The van der Waals surface area contributed by atoms with E-state index in [-0.39, 0.29) is 5.56 Å². The van der Waals surface area contributed by atoms with E-state index in [1.165, 1.54) is 39.5 Å². The number of hydrogen-bond acceptors (Lipinski definition) is 4. The molecule has 0 aliphatic carbocycles. The first-order chi connectivity index (χ1) is 9.14. The number of alkyl halides is 3. The minimum Gasteiger partial charge on any atom is -0.376 e. The highest BCUT2D eigenvalue weighted by Gasteiger charge is 2.52. The number of aliphatic hydroxyl groups is 1. The third kappa shape index (κ3) is 2.89. The molecule has 0 saturated heterocycles. The molecule has 0 radical (unpaired) electrons. The zero-order chi connectivity index (χ0) is 15.6. The fourth-order valence-electron chi connectivity index (χ4n) is 1.78. The molecule has 0 aliphatic heterocycles. The van der Waals surface area contributed by atoms with Crippen molar-refractivity contribution in [1.82, 2.24) is 0 Å². The number of hydrogen-bond donors (Lipinski definition) is 1. The highest BCUT2D eigenvalue weighted by Crippen LogP contribution is 2.38. The van der Waals surface area contributed by atoms with Crippen molar-refractivity contribution in [1.29, 1.82) is 0 Å². The Morgan fingerprint density at radius 3 is 1.95 bits per heavy atom. The molecule has 20 heavy (non-hydrogen) atoms. The second kappa shape index (κ2) is 5.82. The van der Waals surface area contributed by atoms with Crippen molar-refractivity contribution in [3.8, 4) is 0 Å². The van der Waals surface area contributed by atoms with Crippen LogP contribution in [0.15, 0.2) is 24.3 Å². The van der Waals surface area contributed by atoms with Crippen LogP contribution in [-0.4, -0.2) is 41.4 Å². The molecule has 1 atom stereocenters. The summed E-state index contributed by atoms with van der Waals surface area (Å²) < 4.78 is 54.2. The largest absolute Gasteiger partial charge is 0.536 e. The van der Waals surface area contributed by atoms with Gasteiger partial charge in [-0.3, -0.25) is 0 Å². The Hall–Kier alpha value is -0.933. The number of benzene rings is 1. The topological polar surface area (TPSA) is 47.9 Å². The molecule has 1 aromatic carbocycles. The third-order valence-electron chi connectivity index (χ3n) is 3.14. The SMILES string of the molecule is CO[Si](OC)(OC)c1cccc(C(C)(O)C(F)(F)F)c1. The Balaban J connectivity index is 3.34. The summed E-state index contributed by atoms with van der Waals surface area (Å²) in [7, 11) is 0.824. The van der Waals surface area contributed by atoms with Gasteiger partial charge in [-0.1, -0.05) is 18.2 Å². The normalized spacial score (nSPS) is 16.0. The van der Waals surface area contributed by atoms with E-state index in [0.717, 1.165) is 0 Å². The molecule has 0 aliphatic rings. The van der Waals surface area contributed by atoms with Gasteiger partial charge in [-0.25, -0.2) is 0 Å². The molecule has 1 rings (SSSR count). The maximum absolute atomic E-state index is 12.9. The highest BCUT2D eigenvalue weighted by atomic mass is 28.4. The predicted molar refractivity (Wildman–Crippen MR) is 68.5 cm³/mol. The lowest BCUT2D eigenvalue weighted by atomic mass is 9.96. The summed E-state index contributed by atoms with van der Waals surface area (Å²) in [6.07, 6.45) is -4.79. The van der Waals surface area contributed by atoms with Gasteiger partial charge < -0.3 is 18.4 Å². The molecule has 1 N–H and O–H groups in total. The highest BCUT2D eigenvalue weighted by molar-refractivity contribution is 6.75. The van der Waals surface area contributed by atoms with E-state index in [0.29, 0.717) is 12.1 Å². The first kappa shape index (κ1) is 17.1. The standard InChI is InChI=1S/C12H17F3O4Si/c1-11(16,12(13,14)15)9-6-5-7-10(8-9)20(17-2,18-3)19-4/h5-8,16H,1-4H3. The van der Waals surface area contributed by atoms with Crippen molar-refractivity contribution >= 4 is 14.0 Å². The van der Waals surface area contributed by atoms with Crippen LogP contribution >= 0.6 is 0 Å². The van der Waals surface area contributed by atoms with E-state index in [1.807, 2.05) is 0 Å². The van der Waals surface area contributed by atoms with Crippen molar-refractivity contribution in [2.75, 3.05) is 21.3 Å². The summed E-state index contributed by atoms with van der Waals surface area (Å²) in [5.41, 5.74) is -3.26. The van der Waals surface area contributed by atoms with E-state index in [9.17, 15) is 18.3 Å². The molecule has 0 saturated carbocycles. The van der Waals surface area contributed by atoms with Crippen LogP contribution in [0.3, 0.4) is 0 Å². The molecule has 0 amide bonds. The fraction of sp³-hybridized carbons (Fsp3) is 0.500. The summed E-state index contributed by atoms with van der Waals surface area (Å²) in [5.74, 6) is 0. The zero-order valence-electron chi connectivity index (χ0n) is 11.6. The Morgan fingerprint density at radius 2 is 1.55 bits per heavy atom. The Morgan fingerprint density at radius 1 is 1.05 bits per heavy atom. The van der Waals surface area contributed by atoms with Gasteiger partial charge in [-0.2, -0.15) is 13.2 Å². The average Bonchev–Trinajstić information content (AvgIpc) is 2.40. The van der Waals surface area contributed by atoms with Gasteiger partial charge in [0.1, 0.15) is 0 Å². The van der Waals surface area contributed by atoms with Gasteiger partial charge in [0.15, 0.2) is 5.60 Å². The molecule has 0 spiro atoms. The smallest absolute Gasteiger partial charge is 0.376 e. The fourth-order valence-corrected chi connectivity index (χ4v) is 3.62. The summed E-state index contributed by atoms with van der Waals surface area (Å²) in [4.78, 5) is 0. The second-order valence-electron chi connectivity index (χ2n) is 4.32. The molecule has 0 aromatic heterocycles. The Labute approximate surface area is 116 Å². The van der Waals surface area contributed by atoms with E-state index in [2.05, 4.69) is 0 Å². The van der Waals surface area contributed by atoms with Gasteiger partial charge in [-0.15, -0.1) is 0 Å². The maximum atomic E-state index is 12.9. The third-order valence-corrected chi connectivity index (χ3v) is 5.77. The molecule has 1 unspecified atom stereocenters. The van der Waals surface area contributed by atoms with Gasteiger partial charge >= 0.3 is 15.0 Å². The number of rotatable bonds is 5. The first-order valence-corrected chi connectivity index (χ1v) is 7.42. The Bertz CT molecular complexity index is 433. The zero-order valence-corrected chi connectivity index (χ0v) is 12.6. The first-order valence-electron chi connectivity index (χ1n) is 5.70. The van der Waals surface area contributed by atoms with E-state index >= 15 is 0 Å². The van der Waals surface area contributed by atoms with Crippen LogP contribution in [-0.2, 0) is 18.9 Å². The van der Waals surface area contributed by atoms with Crippen molar-refractivity contribution in [3.05, 3.63) is 29.8 Å². The van der Waals surface area contributed by atoms with Crippen molar-refractivity contribution in [2.24, 2.45) is 0 Å². The molecule has 1 aromatic rings. The van der Waals surface area contributed by atoms with Crippen molar-refractivity contribution < 1.29 is 31.6 Å². The van der Waals surface area contributed by atoms with E-state index in [1.54, 1.807) is 6.07 Å². The van der Waals surface area contributed by atoms with Gasteiger partial charge in [-0.05, 0) is 18.6 Å². The van der Waals surface area contributed by atoms with Crippen LogP contribution in [0.1, 0.15) is 12.5 Å². The van der Waals surface area contributed by atoms with Crippen LogP contribution in [0.25, 0.3) is 0 Å². The Kier molecular flexibility index (Phi) is 4.98. The summed E-state index contributed by atoms with van der Waals surface area (Å²) >= 11 is 0. The quantitative estimate of drug-likeness (QED) is 0.838. The van der Waals surface area contributed by atoms with Gasteiger partial charge in [0, 0.05) is 26.5 Å². The minimum atomic E-state index is -4.79. The molecule has 0 heterocycles. The van der Waals surface area contributed by atoms with Crippen LogP contribution < -0.4 is 5.19 Å². The van der Waals surface area contributed by atoms with Crippen LogP contribution in [0, 0.1) is 0 Å². The lowest BCUT2D eigenvalue weighted by Gasteiger charge is -2.29. The maximum Gasteiger partial charge on any atom is 0.536 e. The minimum absolute atomic E-state index is 0.300. The van der Waals surface area contributed by atoms with Gasteiger partial charge in [0.2, 0.25) is 0 Å². The van der Waals surface area contributed by atoms with E-state index in [4.69, 9.17) is 13.3 Å². The summed E-state index contributed by atoms with van der Waals surface area (Å²) in [6, 6.07) is 5.32. The molecule has 114 valence electrons. The predicted octanol–water partition coefficient (Wildman–Crippen LogP) is 1.54. The summed E-state index contributed by atoms with van der Waals surface area (Å²) in [5, 5.41) is 10.0. The van der Waals surface area contributed by atoms with Gasteiger partial charge in [0.05, 0.1) is 0 Å². The number of halogens is 3. The van der Waals surface area contributed by atoms with Crippen LogP contribution in [0.4, 0.5) is 13.2 Å². The molecule has 8 heteroatoms. The van der Waals surface area contributed by atoms with Crippen molar-refractivity contribution in [2.45, 2.75) is 18.7 Å². The summed E-state index contributed by atoms with van der Waals surface area (Å²) in [6.45, 7) is 0.696. The monoisotopic (exact) mass is 310 g/mol. The lowest BCUT2D eigenvalue weighted by Crippen LogP contribution is -2.55. The molecule has 0 fully saturated rings. The molecular weight excluding hydrogens is 293 g/mol. The molecular formula is C12H17F3O4Si. The lowest BCUT2D eigenvalue weighted by molar-refractivity contribution is -0.258. The second-order valence-corrected chi connectivity index (χ2v) is 7.23. The average molecular weight is 310 g/mol. The van der Waals surface area contributed by atoms with Crippen molar-refractivity contribution in [3.63, 3.8) is 0 Å². The van der Waals surface area contributed by atoms with Crippen LogP contribution in [0.5, 0.6) is 0 Å². The molecule has 4 nitrogen and oxygen atoms in total. The van der Waals surface area contributed by atoms with E-state index < -0.39 is 20.6 Å².